The summed E-state index contributed by atoms with van der Waals surface area (Å²) in [6, 6.07) is 9.99. The van der Waals surface area contributed by atoms with E-state index >= 15 is 0 Å². The van der Waals surface area contributed by atoms with E-state index in [-0.39, 0.29) is 0 Å². The van der Waals surface area contributed by atoms with Crippen molar-refractivity contribution in [3.63, 3.8) is 0 Å². The Bertz CT molecular complexity index is 1070. The normalized spacial score (nSPS) is 21.2. The van der Waals surface area contributed by atoms with Gasteiger partial charge in [0.1, 0.15) is 0 Å². The average Bonchev–Trinajstić information content (AvgIpc) is 3.19. The zero-order chi connectivity index (χ0) is 23.2. The highest BCUT2D eigenvalue weighted by Crippen LogP contribution is 2.32. The third kappa shape index (κ3) is 6.00. The zero-order valence-electron chi connectivity index (χ0n) is 19.6. The molecule has 0 bridgehead atoms. The Morgan fingerprint density at radius 2 is 2.03 bits per heavy atom. The Morgan fingerprint density at radius 3 is 2.79 bits per heavy atom. The number of hydrogen-bond acceptors (Lipinski definition) is 4. The molecule has 1 saturated heterocycles. The SMILES string of the molecule is C=C1[C@@H](CCc2cncn2Cc2ccc(C#N)cc2)CCCCN1CC1=CCC(C)C(S)=C1. The highest BCUT2D eigenvalue weighted by atomic mass is 32.1. The minimum Gasteiger partial charge on any atom is -0.371 e. The molecule has 1 unspecified atom stereocenters. The summed E-state index contributed by atoms with van der Waals surface area (Å²) in [7, 11) is 0. The van der Waals surface area contributed by atoms with Gasteiger partial charge in [0.15, 0.2) is 0 Å². The molecule has 1 aliphatic carbocycles. The van der Waals surface area contributed by atoms with Crippen LogP contribution in [0.3, 0.4) is 0 Å². The van der Waals surface area contributed by atoms with Gasteiger partial charge in [-0.1, -0.05) is 38.1 Å². The lowest BCUT2D eigenvalue weighted by Crippen LogP contribution is -2.28. The van der Waals surface area contributed by atoms with Crippen LogP contribution < -0.4 is 0 Å². The van der Waals surface area contributed by atoms with E-state index < -0.39 is 0 Å². The first-order valence-electron chi connectivity index (χ1n) is 12.0. The summed E-state index contributed by atoms with van der Waals surface area (Å²) in [4.78, 5) is 8.11. The van der Waals surface area contributed by atoms with Crippen molar-refractivity contribution in [2.24, 2.45) is 11.8 Å². The monoisotopic (exact) mass is 458 g/mol. The van der Waals surface area contributed by atoms with Crippen LogP contribution in [0.15, 0.2) is 71.7 Å². The Labute approximate surface area is 203 Å². The fourth-order valence-electron chi connectivity index (χ4n) is 4.83. The summed E-state index contributed by atoms with van der Waals surface area (Å²) in [6.45, 7) is 9.61. The Balaban J connectivity index is 1.37. The molecule has 2 aliphatic rings. The summed E-state index contributed by atoms with van der Waals surface area (Å²) < 4.78 is 2.23. The van der Waals surface area contributed by atoms with Gasteiger partial charge in [0, 0.05) is 37.2 Å². The number of likely N-dealkylation sites (tertiary alicyclic amines) is 1. The van der Waals surface area contributed by atoms with Crippen LogP contribution in [-0.4, -0.2) is 27.5 Å². The van der Waals surface area contributed by atoms with E-state index in [1.54, 1.807) is 0 Å². The van der Waals surface area contributed by atoms with Crippen molar-refractivity contribution in [1.29, 1.82) is 5.26 Å². The lowest BCUT2D eigenvalue weighted by atomic mass is 9.93. The predicted octanol–water partition coefficient (Wildman–Crippen LogP) is 6.13. The summed E-state index contributed by atoms with van der Waals surface area (Å²) in [5, 5.41) is 9.01. The van der Waals surface area contributed by atoms with E-state index in [0.717, 1.165) is 38.9 Å². The third-order valence-electron chi connectivity index (χ3n) is 7.04. The molecule has 0 spiro atoms. The van der Waals surface area contributed by atoms with Gasteiger partial charge < -0.3 is 9.47 Å². The van der Waals surface area contributed by atoms with Crippen LogP contribution in [0.2, 0.25) is 0 Å². The van der Waals surface area contributed by atoms with Gasteiger partial charge in [-0.3, -0.25) is 0 Å². The lowest BCUT2D eigenvalue weighted by molar-refractivity contribution is 0.340. The van der Waals surface area contributed by atoms with Crippen LogP contribution in [-0.2, 0) is 13.0 Å². The number of nitriles is 1. The first-order chi connectivity index (χ1) is 16.0. The number of allylic oxidation sites excluding steroid dienone is 3. The van der Waals surface area contributed by atoms with Crippen LogP contribution in [0.1, 0.15) is 55.8 Å². The summed E-state index contributed by atoms with van der Waals surface area (Å²) in [5.41, 5.74) is 5.81. The third-order valence-corrected chi connectivity index (χ3v) is 7.61. The maximum atomic E-state index is 9.01. The second-order valence-corrected chi connectivity index (χ2v) is 9.97. The van der Waals surface area contributed by atoms with Crippen molar-refractivity contribution in [3.8, 4) is 6.07 Å². The van der Waals surface area contributed by atoms with E-state index in [9.17, 15) is 0 Å². The van der Waals surface area contributed by atoms with E-state index in [2.05, 4.69) is 58.8 Å². The van der Waals surface area contributed by atoms with Gasteiger partial charge in [0.25, 0.3) is 0 Å². The summed E-state index contributed by atoms with van der Waals surface area (Å²) in [5.74, 6) is 1.04. The largest absolute Gasteiger partial charge is 0.371 e. The molecule has 1 aromatic carbocycles. The van der Waals surface area contributed by atoms with Crippen molar-refractivity contribution in [1.82, 2.24) is 14.5 Å². The minimum atomic E-state index is 0.508. The topological polar surface area (TPSA) is 44.9 Å². The second-order valence-electron chi connectivity index (χ2n) is 9.45. The molecule has 5 heteroatoms. The van der Waals surface area contributed by atoms with Crippen molar-refractivity contribution >= 4 is 12.6 Å². The smallest absolute Gasteiger partial charge is 0.0991 e. The number of hydrogen-bond donors (Lipinski definition) is 1. The number of rotatable bonds is 7. The number of nitrogens with zero attached hydrogens (tertiary/aromatic N) is 4. The average molecular weight is 459 g/mol. The highest BCUT2D eigenvalue weighted by molar-refractivity contribution is 7.84. The molecule has 0 radical (unpaired) electrons. The summed E-state index contributed by atoms with van der Waals surface area (Å²) >= 11 is 4.67. The van der Waals surface area contributed by atoms with Gasteiger partial charge in [-0.2, -0.15) is 5.26 Å². The molecule has 0 saturated carbocycles. The number of benzene rings is 1. The predicted molar refractivity (Wildman–Crippen MR) is 138 cm³/mol. The quantitative estimate of drug-likeness (QED) is 0.508. The van der Waals surface area contributed by atoms with Gasteiger partial charge in [0.2, 0.25) is 0 Å². The van der Waals surface area contributed by atoms with Gasteiger partial charge in [-0.15, -0.1) is 12.6 Å². The molecule has 2 atom stereocenters. The number of imidazole rings is 1. The molecular weight excluding hydrogens is 424 g/mol. The molecule has 0 N–H and O–H groups in total. The van der Waals surface area contributed by atoms with Crippen molar-refractivity contribution in [3.05, 3.63) is 88.5 Å². The van der Waals surface area contributed by atoms with E-state index in [0.29, 0.717) is 17.4 Å². The number of aryl methyl sites for hydroxylation is 1. The van der Waals surface area contributed by atoms with Crippen molar-refractivity contribution < 1.29 is 0 Å². The molecule has 33 heavy (non-hydrogen) atoms. The molecule has 1 aliphatic heterocycles. The second kappa shape index (κ2) is 10.9. The van der Waals surface area contributed by atoms with Gasteiger partial charge in [-0.05, 0) is 78.2 Å². The van der Waals surface area contributed by atoms with Crippen LogP contribution in [0.4, 0.5) is 0 Å². The molecule has 172 valence electrons. The fraction of sp³-hybridized carbons (Fsp3) is 0.429. The molecule has 1 fully saturated rings. The minimum absolute atomic E-state index is 0.508. The van der Waals surface area contributed by atoms with Crippen LogP contribution in [0, 0.1) is 23.2 Å². The summed E-state index contributed by atoms with van der Waals surface area (Å²) in [6.07, 6.45) is 15.4. The Morgan fingerprint density at radius 1 is 1.21 bits per heavy atom. The lowest BCUT2D eigenvalue weighted by Gasteiger charge is -2.31. The molecule has 4 nitrogen and oxygen atoms in total. The van der Waals surface area contributed by atoms with Gasteiger partial charge >= 0.3 is 0 Å². The maximum Gasteiger partial charge on any atom is 0.0991 e. The van der Waals surface area contributed by atoms with E-state index in [1.807, 2.05) is 36.8 Å². The maximum absolute atomic E-state index is 9.01. The van der Waals surface area contributed by atoms with Crippen molar-refractivity contribution in [2.45, 2.75) is 52.0 Å². The van der Waals surface area contributed by atoms with Crippen molar-refractivity contribution in [2.75, 3.05) is 13.1 Å². The first-order valence-corrected chi connectivity index (χ1v) is 12.5. The number of thiol groups is 1. The zero-order valence-corrected chi connectivity index (χ0v) is 20.5. The van der Waals surface area contributed by atoms with Crippen LogP contribution in [0.25, 0.3) is 0 Å². The van der Waals surface area contributed by atoms with E-state index in [1.165, 1.54) is 46.7 Å². The standard InChI is InChI=1S/C28H34N4S/c1-21-6-7-25(15-28(21)33)19-31-14-4-3-5-26(22(31)2)12-13-27-17-30-20-32(27)18-24-10-8-23(16-29)9-11-24/h7-11,15,17,20-21,26,33H,2-6,12-14,18-19H2,1H3/t21?,26-/m1/s1. The molecule has 2 aromatic rings. The molecule has 2 heterocycles. The first kappa shape index (κ1) is 23.4. The highest BCUT2D eigenvalue weighted by Gasteiger charge is 2.23. The van der Waals surface area contributed by atoms with Gasteiger partial charge in [-0.25, -0.2) is 4.98 Å². The number of aromatic nitrogens is 2. The van der Waals surface area contributed by atoms with Crippen LogP contribution in [0.5, 0.6) is 0 Å². The molecule has 4 rings (SSSR count). The molecule has 0 amide bonds. The van der Waals surface area contributed by atoms with E-state index in [4.69, 9.17) is 5.26 Å². The van der Waals surface area contributed by atoms with Crippen LogP contribution >= 0.6 is 12.6 Å². The molecule has 1 aromatic heterocycles. The van der Waals surface area contributed by atoms with Gasteiger partial charge in [0.05, 0.1) is 18.0 Å². The fourth-order valence-corrected chi connectivity index (χ4v) is 5.10. The Hall–Kier alpha value is -2.71. The molecular formula is C28H34N4S. The Kier molecular flexibility index (Phi) is 7.77.